The zero-order valence-electron chi connectivity index (χ0n) is 13.6. The molecule has 0 N–H and O–H groups in total. The summed E-state index contributed by atoms with van der Waals surface area (Å²) in [4.78, 5) is 14.3. The highest BCUT2D eigenvalue weighted by Crippen LogP contribution is 2.23. The van der Waals surface area contributed by atoms with Crippen molar-refractivity contribution in [3.8, 4) is 0 Å². The lowest BCUT2D eigenvalue weighted by atomic mass is 10.1. The fourth-order valence-corrected chi connectivity index (χ4v) is 4.82. The van der Waals surface area contributed by atoms with Crippen molar-refractivity contribution in [3.05, 3.63) is 59.5 Å². The average molecular weight is 347 g/mol. The van der Waals surface area contributed by atoms with Crippen molar-refractivity contribution in [2.45, 2.75) is 30.8 Å². The molecule has 0 atom stereocenters. The van der Waals surface area contributed by atoms with E-state index in [0.29, 0.717) is 37.3 Å². The van der Waals surface area contributed by atoms with Crippen LogP contribution in [-0.4, -0.2) is 37.6 Å². The molecule has 1 aliphatic heterocycles. The van der Waals surface area contributed by atoms with Crippen LogP contribution in [0.4, 0.5) is 0 Å². The number of rotatable bonds is 4. The third-order valence-electron chi connectivity index (χ3n) is 4.43. The highest BCUT2D eigenvalue weighted by atomic mass is 32.2. The van der Waals surface area contributed by atoms with Crippen LogP contribution in [0.15, 0.2) is 47.1 Å². The first-order valence-electron chi connectivity index (χ1n) is 8.05. The SMILES string of the molecule is Cc1cccc(C(=O)N2CCC(S(=O)(=O)Cc3ccco3)CC2)c1. The van der Waals surface area contributed by atoms with Crippen LogP contribution in [-0.2, 0) is 15.6 Å². The van der Waals surface area contributed by atoms with Gasteiger partial charge < -0.3 is 9.32 Å². The number of piperidine rings is 1. The number of amides is 1. The molecule has 2 aromatic rings. The minimum Gasteiger partial charge on any atom is -0.468 e. The van der Waals surface area contributed by atoms with E-state index in [4.69, 9.17) is 4.42 Å². The molecule has 1 aromatic heterocycles. The van der Waals surface area contributed by atoms with Crippen molar-refractivity contribution in [3.63, 3.8) is 0 Å². The summed E-state index contributed by atoms with van der Waals surface area (Å²) in [6.45, 7) is 2.88. The van der Waals surface area contributed by atoms with Crippen molar-refractivity contribution in [2.24, 2.45) is 0 Å². The quantitative estimate of drug-likeness (QED) is 0.853. The molecular formula is C18H21NO4S. The topological polar surface area (TPSA) is 67.6 Å². The summed E-state index contributed by atoms with van der Waals surface area (Å²) in [5.41, 5.74) is 1.70. The molecular weight excluding hydrogens is 326 g/mol. The van der Waals surface area contributed by atoms with Crippen LogP contribution in [0.1, 0.15) is 34.5 Å². The number of carbonyl (C=O) groups excluding carboxylic acids is 1. The predicted molar refractivity (Wildman–Crippen MR) is 91.4 cm³/mol. The molecule has 3 rings (SSSR count). The number of benzene rings is 1. The third kappa shape index (κ3) is 3.70. The van der Waals surface area contributed by atoms with Gasteiger partial charge in [0.25, 0.3) is 5.91 Å². The summed E-state index contributed by atoms with van der Waals surface area (Å²) in [6.07, 6.45) is 2.43. The average Bonchev–Trinajstić information content (AvgIpc) is 3.06. The summed E-state index contributed by atoms with van der Waals surface area (Å²) in [7, 11) is -3.26. The van der Waals surface area contributed by atoms with Gasteiger partial charge in [-0.25, -0.2) is 8.42 Å². The number of nitrogens with zero attached hydrogens (tertiary/aromatic N) is 1. The Morgan fingerprint density at radius 2 is 1.96 bits per heavy atom. The molecule has 1 amide bonds. The third-order valence-corrected chi connectivity index (χ3v) is 6.60. The first-order chi connectivity index (χ1) is 11.5. The van der Waals surface area contributed by atoms with Crippen molar-refractivity contribution in [1.29, 1.82) is 0 Å². The molecule has 2 heterocycles. The van der Waals surface area contributed by atoms with Gasteiger partial charge in [0.05, 0.1) is 11.5 Å². The monoisotopic (exact) mass is 347 g/mol. The maximum absolute atomic E-state index is 12.5. The van der Waals surface area contributed by atoms with E-state index in [0.717, 1.165) is 5.56 Å². The fourth-order valence-electron chi connectivity index (χ4n) is 3.09. The van der Waals surface area contributed by atoms with Crippen molar-refractivity contribution < 1.29 is 17.6 Å². The largest absolute Gasteiger partial charge is 0.468 e. The Morgan fingerprint density at radius 1 is 1.21 bits per heavy atom. The van der Waals surface area contributed by atoms with E-state index in [1.807, 2.05) is 25.1 Å². The van der Waals surface area contributed by atoms with E-state index >= 15 is 0 Å². The Hall–Kier alpha value is -2.08. The Kier molecular flexibility index (Phi) is 4.76. The molecule has 128 valence electrons. The zero-order chi connectivity index (χ0) is 17.2. The molecule has 6 heteroatoms. The second-order valence-corrected chi connectivity index (χ2v) is 8.53. The van der Waals surface area contributed by atoms with E-state index in [9.17, 15) is 13.2 Å². The maximum Gasteiger partial charge on any atom is 0.253 e. The number of hydrogen-bond acceptors (Lipinski definition) is 4. The smallest absolute Gasteiger partial charge is 0.253 e. The molecule has 0 aliphatic carbocycles. The first kappa shape index (κ1) is 16.8. The molecule has 24 heavy (non-hydrogen) atoms. The Bertz CT molecular complexity index is 803. The van der Waals surface area contributed by atoms with Crippen LogP contribution in [0.3, 0.4) is 0 Å². The van der Waals surface area contributed by atoms with Crippen molar-refractivity contribution >= 4 is 15.7 Å². The first-order valence-corrected chi connectivity index (χ1v) is 9.77. The minimum absolute atomic E-state index is 0.0272. The zero-order valence-corrected chi connectivity index (χ0v) is 14.5. The van der Waals surface area contributed by atoms with Crippen LogP contribution in [0.5, 0.6) is 0 Å². The van der Waals surface area contributed by atoms with Crippen LogP contribution >= 0.6 is 0 Å². The highest BCUT2D eigenvalue weighted by molar-refractivity contribution is 7.91. The molecule has 0 unspecified atom stereocenters. The lowest BCUT2D eigenvalue weighted by molar-refractivity contribution is 0.0725. The summed E-state index contributed by atoms with van der Waals surface area (Å²) >= 11 is 0. The highest BCUT2D eigenvalue weighted by Gasteiger charge is 2.32. The Morgan fingerprint density at radius 3 is 2.58 bits per heavy atom. The van der Waals surface area contributed by atoms with Gasteiger partial charge in [-0.2, -0.15) is 0 Å². The van der Waals surface area contributed by atoms with Gasteiger partial charge in [-0.1, -0.05) is 17.7 Å². The molecule has 1 aliphatic rings. The molecule has 0 radical (unpaired) electrons. The van der Waals surface area contributed by atoms with Gasteiger partial charge >= 0.3 is 0 Å². The molecule has 0 spiro atoms. The minimum atomic E-state index is -3.26. The summed E-state index contributed by atoms with van der Waals surface area (Å²) in [5, 5.41) is -0.413. The van der Waals surface area contributed by atoms with E-state index in [1.54, 1.807) is 23.1 Å². The molecule has 0 saturated carbocycles. The van der Waals surface area contributed by atoms with Gasteiger partial charge in [0.2, 0.25) is 0 Å². The summed E-state index contributed by atoms with van der Waals surface area (Å²) in [5.74, 6) is 0.366. The van der Waals surface area contributed by atoms with Crippen LogP contribution in [0.25, 0.3) is 0 Å². The standard InChI is InChI=1S/C18H21NO4S/c1-14-4-2-5-15(12-14)18(20)19-9-7-17(8-10-19)24(21,22)13-16-6-3-11-23-16/h2-6,11-12,17H,7-10,13H2,1H3. The summed E-state index contributed by atoms with van der Waals surface area (Å²) < 4.78 is 30.1. The number of sulfone groups is 1. The van der Waals surface area contributed by atoms with Crippen molar-refractivity contribution in [2.75, 3.05) is 13.1 Å². The van der Waals surface area contributed by atoms with Crippen LogP contribution in [0.2, 0.25) is 0 Å². The van der Waals surface area contributed by atoms with Crippen LogP contribution < -0.4 is 0 Å². The number of carbonyl (C=O) groups is 1. The predicted octanol–water partition coefficient (Wildman–Crippen LogP) is 2.81. The molecule has 5 nitrogen and oxygen atoms in total. The van der Waals surface area contributed by atoms with Gasteiger partial charge in [-0.05, 0) is 44.0 Å². The second-order valence-electron chi connectivity index (χ2n) is 6.25. The van der Waals surface area contributed by atoms with E-state index in [2.05, 4.69) is 0 Å². The molecule has 1 saturated heterocycles. The molecule has 1 fully saturated rings. The normalized spacial score (nSPS) is 16.3. The number of likely N-dealkylation sites (tertiary alicyclic amines) is 1. The number of furan rings is 1. The summed E-state index contributed by atoms with van der Waals surface area (Å²) in [6, 6.07) is 10.8. The lowest BCUT2D eigenvalue weighted by Gasteiger charge is -2.31. The van der Waals surface area contributed by atoms with Gasteiger partial charge in [-0.15, -0.1) is 0 Å². The maximum atomic E-state index is 12.5. The second kappa shape index (κ2) is 6.81. The van der Waals surface area contributed by atoms with Crippen molar-refractivity contribution in [1.82, 2.24) is 4.90 Å². The van der Waals surface area contributed by atoms with Gasteiger partial charge in [-0.3, -0.25) is 4.79 Å². The van der Waals surface area contributed by atoms with E-state index < -0.39 is 15.1 Å². The molecule has 0 bridgehead atoms. The van der Waals surface area contributed by atoms with E-state index in [1.165, 1.54) is 6.26 Å². The Balaban J connectivity index is 1.62. The van der Waals surface area contributed by atoms with Gasteiger partial charge in [0.15, 0.2) is 9.84 Å². The van der Waals surface area contributed by atoms with Crippen LogP contribution in [0, 0.1) is 6.92 Å². The van der Waals surface area contributed by atoms with Gasteiger partial charge in [0.1, 0.15) is 11.5 Å². The number of hydrogen-bond donors (Lipinski definition) is 0. The number of aryl methyl sites for hydroxylation is 1. The van der Waals surface area contributed by atoms with Gasteiger partial charge in [0, 0.05) is 18.7 Å². The Labute approximate surface area is 142 Å². The lowest BCUT2D eigenvalue weighted by Crippen LogP contribution is -2.42. The van der Waals surface area contributed by atoms with E-state index in [-0.39, 0.29) is 11.7 Å². The molecule has 1 aromatic carbocycles. The fraction of sp³-hybridized carbons (Fsp3) is 0.389.